The highest BCUT2D eigenvalue weighted by atomic mass is 16.4. The summed E-state index contributed by atoms with van der Waals surface area (Å²) in [5.74, 6) is 0.131. The van der Waals surface area contributed by atoms with E-state index in [9.17, 15) is 9.59 Å². The highest BCUT2D eigenvalue weighted by Crippen LogP contribution is 2.28. The average molecular weight is 295 g/mol. The van der Waals surface area contributed by atoms with E-state index >= 15 is 0 Å². The Morgan fingerprint density at radius 1 is 1.14 bits per heavy atom. The molecular formula is C17H29NO3. The van der Waals surface area contributed by atoms with Gasteiger partial charge in [-0.3, -0.25) is 9.59 Å². The minimum Gasteiger partial charge on any atom is -0.481 e. The average Bonchev–Trinajstić information content (AvgIpc) is 2.47. The Bertz CT molecular complexity index is 363. The standard InChI is InChI=1S/C17H29NO3/c1-13-12-18(11-10-15(13)17(20)21)16(19)9-5-8-14-6-3-2-4-7-14/h13-15H,2-12H2,1H3,(H,20,21). The number of piperidine rings is 1. The maximum Gasteiger partial charge on any atom is 0.306 e. The van der Waals surface area contributed by atoms with Gasteiger partial charge in [0, 0.05) is 19.5 Å². The van der Waals surface area contributed by atoms with Gasteiger partial charge in [0.05, 0.1) is 5.92 Å². The molecule has 1 amide bonds. The maximum absolute atomic E-state index is 12.2. The number of carbonyl (C=O) groups is 2. The van der Waals surface area contributed by atoms with Crippen molar-refractivity contribution in [2.24, 2.45) is 17.8 Å². The third-order valence-corrected chi connectivity index (χ3v) is 5.30. The minimum absolute atomic E-state index is 0.0681. The molecule has 2 atom stereocenters. The molecule has 1 saturated carbocycles. The van der Waals surface area contributed by atoms with Gasteiger partial charge in [0.15, 0.2) is 0 Å². The molecule has 1 aliphatic heterocycles. The molecule has 1 aliphatic carbocycles. The molecule has 0 aromatic rings. The van der Waals surface area contributed by atoms with Crippen molar-refractivity contribution in [1.82, 2.24) is 4.90 Å². The molecule has 2 unspecified atom stereocenters. The summed E-state index contributed by atoms with van der Waals surface area (Å²) in [5.41, 5.74) is 0. The monoisotopic (exact) mass is 295 g/mol. The van der Waals surface area contributed by atoms with E-state index in [0.717, 1.165) is 12.3 Å². The predicted molar refractivity (Wildman–Crippen MR) is 81.9 cm³/mol. The zero-order valence-corrected chi connectivity index (χ0v) is 13.2. The zero-order chi connectivity index (χ0) is 15.2. The molecule has 1 N–H and O–H groups in total. The Balaban J connectivity index is 1.68. The minimum atomic E-state index is -0.716. The van der Waals surface area contributed by atoms with E-state index < -0.39 is 5.97 Å². The van der Waals surface area contributed by atoms with Crippen molar-refractivity contribution in [2.75, 3.05) is 13.1 Å². The molecule has 0 radical (unpaired) electrons. The van der Waals surface area contributed by atoms with E-state index in [-0.39, 0.29) is 17.7 Å². The SMILES string of the molecule is CC1CN(C(=O)CCCC2CCCCC2)CCC1C(=O)O. The fraction of sp³-hybridized carbons (Fsp3) is 0.882. The summed E-state index contributed by atoms with van der Waals surface area (Å²) in [5, 5.41) is 9.12. The van der Waals surface area contributed by atoms with Gasteiger partial charge in [-0.25, -0.2) is 0 Å². The van der Waals surface area contributed by atoms with Gasteiger partial charge in [-0.15, -0.1) is 0 Å². The quantitative estimate of drug-likeness (QED) is 0.846. The Labute approximate surface area is 127 Å². The van der Waals surface area contributed by atoms with E-state index in [2.05, 4.69) is 0 Å². The number of hydrogen-bond acceptors (Lipinski definition) is 2. The molecule has 4 nitrogen and oxygen atoms in total. The largest absolute Gasteiger partial charge is 0.481 e. The van der Waals surface area contributed by atoms with E-state index in [1.54, 1.807) is 0 Å². The molecule has 0 aromatic heterocycles. The van der Waals surface area contributed by atoms with Crippen LogP contribution in [0, 0.1) is 17.8 Å². The number of amides is 1. The molecule has 2 aliphatic rings. The van der Waals surface area contributed by atoms with Gasteiger partial charge in [0.1, 0.15) is 0 Å². The van der Waals surface area contributed by atoms with Crippen molar-refractivity contribution in [1.29, 1.82) is 0 Å². The van der Waals surface area contributed by atoms with Crippen LogP contribution in [0.4, 0.5) is 0 Å². The van der Waals surface area contributed by atoms with Gasteiger partial charge < -0.3 is 10.0 Å². The number of aliphatic carboxylic acids is 1. The second-order valence-electron chi connectivity index (χ2n) is 6.95. The molecule has 21 heavy (non-hydrogen) atoms. The smallest absolute Gasteiger partial charge is 0.306 e. The van der Waals surface area contributed by atoms with Crippen LogP contribution in [0.25, 0.3) is 0 Å². The molecule has 2 fully saturated rings. The number of carbonyl (C=O) groups excluding carboxylic acids is 1. The number of likely N-dealkylation sites (tertiary alicyclic amines) is 1. The summed E-state index contributed by atoms with van der Waals surface area (Å²) in [7, 11) is 0. The van der Waals surface area contributed by atoms with E-state index in [4.69, 9.17) is 5.11 Å². The highest BCUT2D eigenvalue weighted by molar-refractivity contribution is 5.77. The van der Waals surface area contributed by atoms with Crippen LogP contribution in [0.5, 0.6) is 0 Å². The van der Waals surface area contributed by atoms with Crippen LogP contribution in [-0.4, -0.2) is 35.0 Å². The van der Waals surface area contributed by atoms with Crippen molar-refractivity contribution in [3.63, 3.8) is 0 Å². The van der Waals surface area contributed by atoms with Gasteiger partial charge in [-0.2, -0.15) is 0 Å². The first-order valence-electron chi connectivity index (χ1n) is 8.58. The molecule has 1 saturated heterocycles. The number of hydrogen-bond donors (Lipinski definition) is 1. The van der Waals surface area contributed by atoms with Crippen molar-refractivity contribution < 1.29 is 14.7 Å². The maximum atomic E-state index is 12.2. The third kappa shape index (κ3) is 4.72. The van der Waals surface area contributed by atoms with Crippen LogP contribution < -0.4 is 0 Å². The molecule has 0 bridgehead atoms. The molecule has 120 valence electrons. The highest BCUT2D eigenvalue weighted by Gasteiger charge is 2.32. The molecule has 4 heteroatoms. The van der Waals surface area contributed by atoms with E-state index in [1.807, 2.05) is 11.8 Å². The number of rotatable bonds is 5. The van der Waals surface area contributed by atoms with Gasteiger partial charge in [-0.05, 0) is 31.1 Å². The first-order chi connectivity index (χ1) is 10.1. The molecule has 0 spiro atoms. The van der Waals surface area contributed by atoms with Gasteiger partial charge >= 0.3 is 5.97 Å². The summed E-state index contributed by atoms with van der Waals surface area (Å²) >= 11 is 0. The van der Waals surface area contributed by atoms with Gasteiger partial charge in [-0.1, -0.05) is 39.0 Å². The van der Waals surface area contributed by atoms with Crippen molar-refractivity contribution in [2.45, 2.75) is 64.7 Å². The summed E-state index contributed by atoms with van der Waals surface area (Å²) in [6, 6.07) is 0. The van der Waals surface area contributed by atoms with Crippen molar-refractivity contribution in [3.8, 4) is 0 Å². The van der Waals surface area contributed by atoms with Gasteiger partial charge in [0.2, 0.25) is 5.91 Å². The van der Waals surface area contributed by atoms with Gasteiger partial charge in [0.25, 0.3) is 0 Å². The predicted octanol–water partition coefficient (Wildman–Crippen LogP) is 3.31. The fourth-order valence-corrected chi connectivity index (χ4v) is 3.91. The second kappa shape index (κ2) is 7.81. The summed E-state index contributed by atoms with van der Waals surface area (Å²) < 4.78 is 0. The fourth-order valence-electron chi connectivity index (χ4n) is 3.91. The molecule has 1 heterocycles. The molecule has 0 aromatic carbocycles. The van der Waals surface area contributed by atoms with E-state index in [0.29, 0.717) is 25.9 Å². The second-order valence-corrected chi connectivity index (χ2v) is 6.95. The first-order valence-corrected chi connectivity index (χ1v) is 8.58. The zero-order valence-electron chi connectivity index (χ0n) is 13.2. The lowest BCUT2D eigenvalue weighted by Crippen LogP contribution is -2.44. The lowest BCUT2D eigenvalue weighted by atomic mass is 9.85. The van der Waals surface area contributed by atoms with E-state index in [1.165, 1.54) is 38.5 Å². The lowest BCUT2D eigenvalue weighted by molar-refractivity contribution is -0.148. The Hall–Kier alpha value is -1.06. The van der Waals surface area contributed by atoms with Crippen molar-refractivity contribution in [3.05, 3.63) is 0 Å². The van der Waals surface area contributed by atoms with Crippen LogP contribution >= 0.6 is 0 Å². The topological polar surface area (TPSA) is 57.6 Å². The van der Waals surface area contributed by atoms with Crippen LogP contribution in [0.15, 0.2) is 0 Å². The third-order valence-electron chi connectivity index (χ3n) is 5.30. The number of carboxylic acids is 1. The lowest BCUT2D eigenvalue weighted by Gasteiger charge is -2.35. The summed E-state index contributed by atoms with van der Waals surface area (Å²) in [6.07, 6.45) is 10.2. The number of carboxylic acid groups (broad SMARTS) is 1. The summed E-state index contributed by atoms with van der Waals surface area (Å²) in [6.45, 7) is 3.17. The Morgan fingerprint density at radius 3 is 2.48 bits per heavy atom. The van der Waals surface area contributed by atoms with Crippen LogP contribution in [-0.2, 0) is 9.59 Å². The summed E-state index contributed by atoms with van der Waals surface area (Å²) in [4.78, 5) is 25.2. The van der Waals surface area contributed by atoms with Crippen LogP contribution in [0.1, 0.15) is 64.7 Å². The molecule has 2 rings (SSSR count). The normalized spacial score (nSPS) is 27.6. The Morgan fingerprint density at radius 2 is 1.86 bits per heavy atom. The van der Waals surface area contributed by atoms with Crippen LogP contribution in [0.2, 0.25) is 0 Å². The van der Waals surface area contributed by atoms with Crippen molar-refractivity contribution >= 4 is 11.9 Å². The molecular weight excluding hydrogens is 266 g/mol. The number of nitrogens with zero attached hydrogens (tertiary/aromatic N) is 1. The Kier molecular flexibility index (Phi) is 6.07. The van der Waals surface area contributed by atoms with Crippen LogP contribution in [0.3, 0.4) is 0 Å². The first kappa shape index (κ1) is 16.3.